The van der Waals surface area contributed by atoms with Crippen LogP contribution in [0.1, 0.15) is 55.6 Å². The van der Waals surface area contributed by atoms with E-state index in [4.69, 9.17) is 4.52 Å². The SMILES string of the molecule is CC1(C)[C@@H]2CCC1(Cc1noc(CO)n1)c1nnc(-c3ccccc3F)cc12. The maximum Gasteiger partial charge on any atom is 0.252 e. The number of hydrogen-bond donors (Lipinski definition) is 1. The van der Waals surface area contributed by atoms with Gasteiger partial charge in [-0.1, -0.05) is 31.1 Å². The molecule has 0 amide bonds. The number of rotatable bonds is 4. The molecule has 3 aromatic rings. The molecule has 1 aromatic carbocycles. The van der Waals surface area contributed by atoms with Crippen molar-refractivity contribution < 1.29 is 14.0 Å². The quantitative estimate of drug-likeness (QED) is 0.745. The maximum atomic E-state index is 14.3. The lowest BCUT2D eigenvalue weighted by Crippen LogP contribution is -2.38. The topological polar surface area (TPSA) is 84.9 Å². The lowest BCUT2D eigenvalue weighted by atomic mass is 9.66. The number of benzene rings is 1. The van der Waals surface area contributed by atoms with Crippen molar-refractivity contribution in [1.29, 1.82) is 0 Å². The van der Waals surface area contributed by atoms with Gasteiger partial charge in [-0.2, -0.15) is 15.2 Å². The molecule has 0 aliphatic heterocycles. The monoisotopic (exact) mass is 380 g/mol. The molecule has 0 spiro atoms. The molecule has 2 heterocycles. The minimum Gasteiger partial charge on any atom is -0.387 e. The van der Waals surface area contributed by atoms with Gasteiger partial charge in [0.25, 0.3) is 5.89 Å². The second-order valence-corrected chi connectivity index (χ2v) is 8.35. The van der Waals surface area contributed by atoms with Crippen LogP contribution < -0.4 is 0 Å². The van der Waals surface area contributed by atoms with Crippen LogP contribution in [0.2, 0.25) is 0 Å². The molecule has 1 saturated carbocycles. The average molecular weight is 380 g/mol. The smallest absolute Gasteiger partial charge is 0.252 e. The van der Waals surface area contributed by atoms with Crippen LogP contribution in [-0.4, -0.2) is 25.4 Å². The molecule has 1 fully saturated rings. The summed E-state index contributed by atoms with van der Waals surface area (Å²) in [6, 6.07) is 8.65. The molecule has 144 valence electrons. The van der Waals surface area contributed by atoms with Crippen molar-refractivity contribution in [3.05, 3.63) is 59.1 Å². The van der Waals surface area contributed by atoms with Gasteiger partial charge >= 0.3 is 0 Å². The van der Waals surface area contributed by atoms with Gasteiger partial charge in [0.1, 0.15) is 12.4 Å². The number of nitrogens with zero attached hydrogens (tertiary/aromatic N) is 4. The van der Waals surface area contributed by atoms with Crippen LogP contribution >= 0.6 is 0 Å². The third-order valence-corrected chi connectivity index (χ3v) is 6.87. The maximum absolute atomic E-state index is 14.3. The van der Waals surface area contributed by atoms with E-state index < -0.39 is 0 Å². The Morgan fingerprint density at radius 3 is 2.82 bits per heavy atom. The second-order valence-electron chi connectivity index (χ2n) is 8.35. The van der Waals surface area contributed by atoms with Crippen LogP contribution in [0.4, 0.5) is 4.39 Å². The summed E-state index contributed by atoms with van der Waals surface area (Å²) in [6.07, 6.45) is 2.59. The van der Waals surface area contributed by atoms with E-state index in [2.05, 4.69) is 34.2 Å². The molecule has 28 heavy (non-hydrogen) atoms. The summed E-state index contributed by atoms with van der Waals surface area (Å²) in [7, 11) is 0. The van der Waals surface area contributed by atoms with E-state index in [1.54, 1.807) is 18.2 Å². The van der Waals surface area contributed by atoms with Gasteiger partial charge in [0.05, 0.1) is 11.4 Å². The highest BCUT2D eigenvalue weighted by molar-refractivity contribution is 5.62. The summed E-state index contributed by atoms with van der Waals surface area (Å²) in [4.78, 5) is 4.29. The Balaban J connectivity index is 1.60. The molecule has 1 N–H and O–H groups in total. The normalized spacial score (nSPS) is 24.5. The van der Waals surface area contributed by atoms with Crippen LogP contribution in [0.3, 0.4) is 0 Å². The molecule has 2 aliphatic rings. The fraction of sp³-hybridized carbons (Fsp3) is 0.429. The van der Waals surface area contributed by atoms with Gasteiger partial charge in [-0.3, -0.25) is 0 Å². The zero-order chi connectivity index (χ0) is 19.5. The predicted molar refractivity (Wildman–Crippen MR) is 98.8 cm³/mol. The third-order valence-electron chi connectivity index (χ3n) is 6.87. The van der Waals surface area contributed by atoms with Crippen molar-refractivity contribution in [1.82, 2.24) is 20.3 Å². The first-order valence-corrected chi connectivity index (χ1v) is 9.51. The Hall–Kier alpha value is -2.67. The van der Waals surface area contributed by atoms with Crippen molar-refractivity contribution in [2.45, 2.75) is 51.0 Å². The Morgan fingerprint density at radius 2 is 2.07 bits per heavy atom. The Morgan fingerprint density at radius 1 is 1.25 bits per heavy atom. The molecule has 2 atom stereocenters. The molecule has 2 bridgehead atoms. The molecule has 0 saturated heterocycles. The zero-order valence-corrected chi connectivity index (χ0v) is 15.8. The molecular formula is C21H21FN4O2. The fourth-order valence-electron chi connectivity index (χ4n) is 5.32. The molecule has 2 aromatic heterocycles. The summed E-state index contributed by atoms with van der Waals surface area (Å²) in [5, 5.41) is 22.2. The van der Waals surface area contributed by atoms with E-state index in [0.717, 1.165) is 24.1 Å². The number of fused-ring (bicyclic) bond motifs is 5. The molecule has 2 aliphatic carbocycles. The molecule has 7 heteroatoms. The van der Waals surface area contributed by atoms with Gasteiger partial charge in [-0.15, -0.1) is 0 Å². The summed E-state index contributed by atoms with van der Waals surface area (Å²) in [5.41, 5.74) is 2.85. The van der Waals surface area contributed by atoms with E-state index in [9.17, 15) is 9.50 Å². The Bertz CT molecular complexity index is 1060. The van der Waals surface area contributed by atoms with E-state index in [0.29, 0.717) is 29.4 Å². The first kappa shape index (κ1) is 17.4. The van der Waals surface area contributed by atoms with Gasteiger partial charge in [0.15, 0.2) is 5.82 Å². The van der Waals surface area contributed by atoms with Crippen molar-refractivity contribution in [3.8, 4) is 11.3 Å². The summed E-state index contributed by atoms with van der Waals surface area (Å²) < 4.78 is 19.3. The average Bonchev–Trinajstić information content (AvgIpc) is 3.29. The van der Waals surface area contributed by atoms with Crippen LogP contribution in [0.25, 0.3) is 11.3 Å². The van der Waals surface area contributed by atoms with Gasteiger partial charge in [-0.25, -0.2) is 4.39 Å². The highest BCUT2D eigenvalue weighted by atomic mass is 19.1. The lowest BCUT2D eigenvalue weighted by molar-refractivity contribution is 0.198. The van der Waals surface area contributed by atoms with Crippen LogP contribution in [0, 0.1) is 11.2 Å². The second kappa shape index (κ2) is 5.91. The van der Waals surface area contributed by atoms with E-state index in [1.807, 2.05) is 6.07 Å². The standard InChI is InChI=1S/C21H21FN4O2/c1-20(2)14-7-8-21(20,10-17-23-18(11-27)28-26-17)19-13(14)9-16(24-25-19)12-5-3-4-6-15(12)22/h3-6,9,14,27H,7-8,10-11H2,1-2H3/t14-,21?/m1/s1. The van der Waals surface area contributed by atoms with Crippen molar-refractivity contribution in [2.24, 2.45) is 5.41 Å². The Labute approximate surface area is 161 Å². The van der Waals surface area contributed by atoms with Gasteiger partial charge in [0.2, 0.25) is 0 Å². The molecule has 6 nitrogen and oxygen atoms in total. The largest absolute Gasteiger partial charge is 0.387 e. The van der Waals surface area contributed by atoms with Crippen molar-refractivity contribution >= 4 is 0 Å². The highest BCUT2D eigenvalue weighted by Gasteiger charge is 2.63. The van der Waals surface area contributed by atoms with Gasteiger partial charge < -0.3 is 9.63 Å². The number of aliphatic hydroxyl groups is 1. The van der Waals surface area contributed by atoms with E-state index >= 15 is 0 Å². The molecular weight excluding hydrogens is 359 g/mol. The third kappa shape index (κ3) is 2.22. The minimum absolute atomic E-state index is 0.0577. The summed E-state index contributed by atoms with van der Waals surface area (Å²) >= 11 is 0. The molecule has 0 radical (unpaired) electrons. The van der Waals surface area contributed by atoms with Crippen LogP contribution in [0.15, 0.2) is 34.9 Å². The van der Waals surface area contributed by atoms with Crippen LogP contribution in [0.5, 0.6) is 0 Å². The Kier molecular flexibility index (Phi) is 3.68. The first-order chi connectivity index (χ1) is 13.5. The minimum atomic E-state index is -0.294. The highest BCUT2D eigenvalue weighted by Crippen LogP contribution is 2.68. The lowest BCUT2D eigenvalue weighted by Gasteiger charge is -2.37. The number of aliphatic hydroxyl groups excluding tert-OH is 1. The molecule has 1 unspecified atom stereocenters. The first-order valence-electron chi connectivity index (χ1n) is 9.51. The van der Waals surface area contributed by atoms with Gasteiger partial charge in [-0.05, 0) is 47.9 Å². The van der Waals surface area contributed by atoms with Crippen molar-refractivity contribution in [3.63, 3.8) is 0 Å². The van der Waals surface area contributed by atoms with Gasteiger partial charge in [0, 0.05) is 17.4 Å². The number of aromatic nitrogens is 4. The predicted octanol–water partition coefficient (Wildman–Crippen LogP) is 3.56. The van der Waals surface area contributed by atoms with E-state index in [1.165, 1.54) is 6.07 Å². The summed E-state index contributed by atoms with van der Waals surface area (Å²) in [5.74, 6) is 0.827. The fourth-order valence-corrected chi connectivity index (χ4v) is 5.32. The zero-order valence-electron chi connectivity index (χ0n) is 15.8. The van der Waals surface area contributed by atoms with Crippen molar-refractivity contribution in [2.75, 3.05) is 0 Å². The van der Waals surface area contributed by atoms with E-state index in [-0.39, 0.29) is 29.1 Å². The molecule has 5 rings (SSSR count). The summed E-state index contributed by atoms with van der Waals surface area (Å²) in [6.45, 7) is 4.23. The van der Waals surface area contributed by atoms with Crippen LogP contribution in [-0.2, 0) is 18.4 Å². The number of hydrogen-bond acceptors (Lipinski definition) is 6. The number of halogens is 1.